The van der Waals surface area contributed by atoms with Gasteiger partial charge in [-0.05, 0) is 25.5 Å². The van der Waals surface area contributed by atoms with Gasteiger partial charge < -0.3 is 4.74 Å². The Morgan fingerprint density at radius 3 is 3.12 bits per heavy atom. The van der Waals surface area contributed by atoms with Gasteiger partial charge in [0.15, 0.2) is 11.5 Å². The van der Waals surface area contributed by atoms with E-state index in [4.69, 9.17) is 4.74 Å². The molecular formula is C11H16N2O2S. The van der Waals surface area contributed by atoms with Crippen molar-refractivity contribution in [3.63, 3.8) is 0 Å². The van der Waals surface area contributed by atoms with Gasteiger partial charge in [-0.3, -0.25) is 9.48 Å². The van der Waals surface area contributed by atoms with Crippen LogP contribution in [0.5, 0.6) is 5.75 Å². The van der Waals surface area contributed by atoms with Crippen LogP contribution in [0.15, 0.2) is 6.20 Å². The van der Waals surface area contributed by atoms with Crippen molar-refractivity contribution in [2.24, 2.45) is 0 Å². The molecule has 0 aliphatic carbocycles. The van der Waals surface area contributed by atoms with E-state index in [2.05, 4.69) is 5.10 Å². The van der Waals surface area contributed by atoms with Crippen molar-refractivity contribution < 1.29 is 9.53 Å². The van der Waals surface area contributed by atoms with Crippen LogP contribution in [0.2, 0.25) is 0 Å². The summed E-state index contributed by atoms with van der Waals surface area (Å²) in [7, 11) is 1.58. The predicted octanol–water partition coefficient (Wildman–Crippen LogP) is 1.99. The Balaban J connectivity index is 2.29. The van der Waals surface area contributed by atoms with Crippen molar-refractivity contribution in [1.29, 1.82) is 0 Å². The third-order valence-corrected chi connectivity index (χ3v) is 4.16. The standard InChI is InChI=1S/C11H16N2O2S/c1-3-13-10(8(15-2)7-12-13)11(14)9-5-4-6-16-9/h7,9H,3-6H2,1-2H3. The topological polar surface area (TPSA) is 44.1 Å². The first kappa shape index (κ1) is 11.5. The molecular weight excluding hydrogens is 224 g/mol. The first-order chi connectivity index (χ1) is 7.77. The molecule has 1 atom stereocenters. The highest BCUT2D eigenvalue weighted by Crippen LogP contribution is 2.31. The summed E-state index contributed by atoms with van der Waals surface area (Å²) in [6, 6.07) is 0. The minimum Gasteiger partial charge on any atom is -0.493 e. The summed E-state index contributed by atoms with van der Waals surface area (Å²) in [5.74, 6) is 1.84. The highest BCUT2D eigenvalue weighted by atomic mass is 32.2. The Morgan fingerprint density at radius 1 is 1.75 bits per heavy atom. The fraction of sp³-hybridized carbons (Fsp3) is 0.636. The second kappa shape index (κ2) is 4.91. The van der Waals surface area contributed by atoms with Gasteiger partial charge in [-0.2, -0.15) is 16.9 Å². The lowest BCUT2D eigenvalue weighted by Gasteiger charge is -2.10. The molecule has 1 saturated heterocycles. The summed E-state index contributed by atoms with van der Waals surface area (Å²) in [5.41, 5.74) is 0.629. The summed E-state index contributed by atoms with van der Waals surface area (Å²) in [5, 5.41) is 4.25. The van der Waals surface area contributed by atoms with Crippen molar-refractivity contribution in [2.75, 3.05) is 12.9 Å². The van der Waals surface area contributed by atoms with E-state index < -0.39 is 0 Å². The second-order valence-electron chi connectivity index (χ2n) is 3.74. The third kappa shape index (κ3) is 1.96. The van der Waals surface area contributed by atoms with E-state index in [9.17, 15) is 4.79 Å². The van der Waals surface area contributed by atoms with Crippen molar-refractivity contribution in [2.45, 2.75) is 31.6 Å². The number of aryl methyl sites for hydroxylation is 1. The molecule has 2 heterocycles. The Morgan fingerprint density at radius 2 is 2.56 bits per heavy atom. The van der Waals surface area contributed by atoms with Crippen LogP contribution in [-0.4, -0.2) is 33.7 Å². The Hall–Kier alpha value is -0.970. The number of hydrogen-bond acceptors (Lipinski definition) is 4. The molecule has 0 radical (unpaired) electrons. The molecule has 1 unspecified atom stereocenters. The Labute approximate surface area is 99.4 Å². The smallest absolute Gasteiger partial charge is 0.197 e. The van der Waals surface area contributed by atoms with Gasteiger partial charge >= 0.3 is 0 Å². The number of ether oxygens (including phenoxy) is 1. The summed E-state index contributed by atoms with van der Waals surface area (Å²) < 4.78 is 6.92. The molecule has 88 valence electrons. The van der Waals surface area contributed by atoms with Crippen LogP contribution >= 0.6 is 11.8 Å². The van der Waals surface area contributed by atoms with Crippen LogP contribution in [-0.2, 0) is 6.54 Å². The summed E-state index contributed by atoms with van der Waals surface area (Å²) in [6.07, 6.45) is 3.72. The van der Waals surface area contributed by atoms with Crippen molar-refractivity contribution in [3.8, 4) is 5.75 Å². The number of carbonyl (C=O) groups is 1. The summed E-state index contributed by atoms with van der Waals surface area (Å²) >= 11 is 1.74. The van der Waals surface area contributed by atoms with Gasteiger partial charge in [0.2, 0.25) is 0 Å². The molecule has 5 heteroatoms. The predicted molar refractivity (Wildman–Crippen MR) is 64.3 cm³/mol. The zero-order valence-corrected chi connectivity index (χ0v) is 10.4. The number of Topliss-reactive ketones (excluding diaryl/α,β-unsaturated/α-hetero) is 1. The zero-order valence-electron chi connectivity index (χ0n) is 9.60. The maximum Gasteiger partial charge on any atom is 0.197 e. The van der Waals surface area contributed by atoms with E-state index in [0.717, 1.165) is 18.6 Å². The maximum atomic E-state index is 12.3. The number of aromatic nitrogens is 2. The van der Waals surface area contributed by atoms with Crippen molar-refractivity contribution in [1.82, 2.24) is 9.78 Å². The normalized spacial score (nSPS) is 20.0. The highest BCUT2D eigenvalue weighted by Gasteiger charge is 2.29. The van der Waals surface area contributed by atoms with Gasteiger partial charge in [0.1, 0.15) is 5.69 Å². The molecule has 0 spiro atoms. The number of rotatable bonds is 4. The second-order valence-corrected chi connectivity index (χ2v) is 5.05. The lowest BCUT2D eigenvalue weighted by atomic mass is 10.1. The van der Waals surface area contributed by atoms with Gasteiger partial charge in [-0.25, -0.2) is 0 Å². The fourth-order valence-corrected chi connectivity index (χ4v) is 3.16. The monoisotopic (exact) mass is 240 g/mol. The van der Waals surface area contributed by atoms with Crippen LogP contribution in [0, 0.1) is 0 Å². The minimum absolute atomic E-state index is 0.0934. The SMILES string of the molecule is CCn1ncc(OC)c1C(=O)C1CCCS1. The van der Waals surface area contributed by atoms with Gasteiger partial charge in [-0.1, -0.05) is 0 Å². The first-order valence-corrected chi connectivity index (χ1v) is 6.58. The van der Waals surface area contributed by atoms with Gasteiger partial charge in [-0.15, -0.1) is 0 Å². The van der Waals surface area contributed by atoms with Crippen LogP contribution in [0.4, 0.5) is 0 Å². The lowest BCUT2D eigenvalue weighted by molar-refractivity contribution is 0.0975. The molecule has 16 heavy (non-hydrogen) atoms. The lowest BCUT2D eigenvalue weighted by Crippen LogP contribution is -2.19. The van der Waals surface area contributed by atoms with Gasteiger partial charge in [0.05, 0.1) is 18.6 Å². The largest absolute Gasteiger partial charge is 0.493 e. The van der Waals surface area contributed by atoms with Crippen molar-refractivity contribution >= 4 is 17.5 Å². The number of hydrogen-bond donors (Lipinski definition) is 0. The summed E-state index contributed by atoms with van der Waals surface area (Å²) in [6.45, 7) is 2.67. The van der Waals surface area contributed by atoms with Crippen molar-refractivity contribution in [3.05, 3.63) is 11.9 Å². The number of ketones is 1. The van der Waals surface area contributed by atoms with Gasteiger partial charge in [0, 0.05) is 6.54 Å². The number of thioether (sulfide) groups is 1. The van der Waals surface area contributed by atoms with Gasteiger partial charge in [0.25, 0.3) is 0 Å². The van der Waals surface area contributed by atoms with E-state index >= 15 is 0 Å². The van der Waals surface area contributed by atoms with E-state index in [-0.39, 0.29) is 11.0 Å². The average Bonchev–Trinajstić information content (AvgIpc) is 2.96. The average molecular weight is 240 g/mol. The quantitative estimate of drug-likeness (QED) is 0.755. The molecule has 0 aromatic carbocycles. The number of carbonyl (C=O) groups excluding carboxylic acids is 1. The summed E-state index contributed by atoms with van der Waals surface area (Å²) in [4.78, 5) is 12.3. The van der Waals surface area contributed by atoms with E-state index in [1.165, 1.54) is 0 Å². The number of nitrogens with zero attached hydrogens (tertiary/aromatic N) is 2. The van der Waals surface area contributed by atoms with E-state index in [1.54, 1.807) is 29.8 Å². The molecule has 1 aliphatic rings. The molecule has 0 bridgehead atoms. The van der Waals surface area contributed by atoms with Crippen LogP contribution in [0.3, 0.4) is 0 Å². The molecule has 1 aliphatic heterocycles. The van der Waals surface area contributed by atoms with Crippen LogP contribution < -0.4 is 4.74 Å². The molecule has 1 aromatic heterocycles. The zero-order chi connectivity index (χ0) is 11.5. The Kier molecular flexibility index (Phi) is 3.53. The molecule has 0 amide bonds. The number of methoxy groups -OCH3 is 1. The molecule has 2 rings (SSSR count). The third-order valence-electron chi connectivity index (χ3n) is 2.78. The van der Waals surface area contributed by atoms with Crippen LogP contribution in [0.1, 0.15) is 30.3 Å². The molecule has 0 saturated carbocycles. The molecule has 4 nitrogen and oxygen atoms in total. The Bertz CT molecular complexity index is 362. The first-order valence-electron chi connectivity index (χ1n) is 5.53. The molecule has 1 fully saturated rings. The maximum absolute atomic E-state index is 12.3. The van der Waals surface area contributed by atoms with Crippen LogP contribution in [0.25, 0.3) is 0 Å². The van der Waals surface area contributed by atoms with E-state index in [0.29, 0.717) is 18.0 Å². The molecule has 0 N–H and O–H groups in total. The fourth-order valence-electron chi connectivity index (χ4n) is 1.94. The van der Waals surface area contributed by atoms with E-state index in [1.807, 2.05) is 6.92 Å². The minimum atomic E-state index is 0.0934. The highest BCUT2D eigenvalue weighted by molar-refractivity contribution is 8.00. The molecule has 1 aromatic rings.